The Labute approximate surface area is 179 Å². The van der Waals surface area contributed by atoms with E-state index in [2.05, 4.69) is 44.4 Å². The van der Waals surface area contributed by atoms with E-state index in [4.69, 9.17) is 4.74 Å². The summed E-state index contributed by atoms with van der Waals surface area (Å²) in [6, 6.07) is 14.9. The highest BCUT2D eigenvalue weighted by Crippen LogP contribution is 2.30. The molecule has 0 atom stereocenters. The van der Waals surface area contributed by atoms with Crippen molar-refractivity contribution >= 4 is 5.91 Å². The van der Waals surface area contributed by atoms with Crippen molar-refractivity contribution in [2.24, 2.45) is 0 Å². The van der Waals surface area contributed by atoms with Gasteiger partial charge in [0.25, 0.3) is 5.91 Å². The summed E-state index contributed by atoms with van der Waals surface area (Å²) < 4.78 is 6.00. The Morgan fingerprint density at radius 3 is 2.43 bits per heavy atom. The van der Waals surface area contributed by atoms with Crippen LogP contribution in [0.1, 0.15) is 68.9 Å². The number of para-hydroxylation sites is 1. The molecular weight excluding hydrogens is 374 g/mol. The molecule has 0 aliphatic carbocycles. The number of rotatable bonds is 5. The number of aryl methyl sites for hydroxylation is 1. The minimum Gasteiger partial charge on any atom is -0.456 e. The summed E-state index contributed by atoms with van der Waals surface area (Å²) in [5.41, 5.74) is 1.99. The summed E-state index contributed by atoms with van der Waals surface area (Å²) in [6.45, 7) is 10.7. The number of hydrogen-bond acceptors (Lipinski definition) is 4. The molecule has 158 valence electrons. The van der Waals surface area contributed by atoms with Crippen LogP contribution >= 0.6 is 0 Å². The molecule has 0 aromatic heterocycles. The Bertz CT molecular complexity index is 957. The van der Waals surface area contributed by atoms with Crippen molar-refractivity contribution < 1.29 is 9.53 Å². The summed E-state index contributed by atoms with van der Waals surface area (Å²) in [7, 11) is 0. The van der Waals surface area contributed by atoms with E-state index in [0.717, 1.165) is 24.8 Å². The molecule has 2 aromatic carbocycles. The molecule has 1 aliphatic rings. The van der Waals surface area contributed by atoms with Gasteiger partial charge in [0.2, 0.25) is 0 Å². The van der Waals surface area contributed by atoms with Crippen molar-refractivity contribution in [1.29, 1.82) is 5.26 Å². The first kappa shape index (κ1) is 21.9. The van der Waals surface area contributed by atoms with Crippen LogP contribution in [0.25, 0.3) is 0 Å². The normalized spacial score (nSPS) is 17.7. The van der Waals surface area contributed by atoms with Crippen molar-refractivity contribution in [3.8, 4) is 17.6 Å². The molecule has 0 bridgehead atoms. The predicted octanol–water partition coefficient (Wildman–Crippen LogP) is 4.95. The van der Waals surface area contributed by atoms with Crippen LogP contribution in [0.15, 0.2) is 42.5 Å². The van der Waals surface area contributed by atoms with Gasteiger partial charge in [-0.2, -0.15) is 5.26 Å². The van der Waals surface area contributed by atoms with Crippen LogP contribution in [-0.4, -0.2) is 23.0 Å². The zero-order chi connectivity index (χ0) is 21.9. The monoisotopic (exact) mass is 405 g/mol. The molecule has 2 aromatic rings. The molecule has 5 heteroatoms. The van der Waals surface area contributed by atoms with Gasteiger partial charge in [-0.15, -0.1) is 0 Å². The van der Waals surface area contributed by atoms with E-state index in [1.54, 1.807) is 18.2 Å². The Hall–Kier alpha value is -2.84. The third kappa shape index (κ3) is 5.20. The van der Waals surface area contributed by atoms with Crippen LogP contribution in [0.3, 0.4) is 0 Å². The topological polar surface area (TPSA) is 74.2 Å². The summed E-state index contributed by atoms with van der Waals surface area (Å²) in [5, 5.41) is 16.1. The Kier molecular flexibility index (Phi) is 6.19. The van der Waals surface area contributed by atoms with Crippen LogP contribution < -0.4 is 15.4 Å². The highest BCUT2D eigenvalue weighted by molar-refractivity contribution is 5.94. The standard InChI is InChI=1S/C25H31N3O2/c1-6-17-13-18(11-12-22(17)30-21-10-8-7-9-19(21)16-26)23(29)27-20-14-24(2,3)28-25(4,5)15-20/h7-13,20,28H,6,14-15H2,1-5H3,(H,27,29). The van der Waals surface area contributed by atoms with Crippen molar-refractivity contribution in [3.05, 3.63) is 59.2 Å². The lowest BCUT2D eigenvalue weighted by Crippen LogP contribution is -2.62. The van der Waals surface area contributed by atoms with E-state index in [0.29, 0.717) is 22.6 Å². The highest BCUT2D eigenvalue weighted by Gasteiger charge is 2.38. The average molecular weight is 406 g/mol. The summed E-state index contributed by atoms with van der Waals surface area (Å²) in [6.07, 6.45) is 2.49. The van der Waals surface area contributed by atoms with Crippen LogP contribution in [0.5, 0.6) is 11.5 Å². The number of amides is 1. The maximum absolute atomic E-state index is 13.0. The lowest BCUT2D eigenvalue weighted by atomic mass is 9.79. The van der Waals surface area contributed by atoms with Crippen molar-refractivity contribution in [2.45, 2.75) is 71.0 Å². The Morgan fingerprint density at radius 1 is 1.13 bits per heavy atom. The molecule has 30 heavy (non-hydrogen) atoms. The summed E-state index contributed by atoms with van der Waals surface area (Å²) in [5.74, 6) is 1.12. The minimum atomic E-state index is -0.0628. The van der Waals surface area contributed by atoms with E-state index in [1.165, 1.54) is 0 Å². The number of piperidine rings is 1. The van der Waals surface area contributed by atoms with E-state index >= 15 is 0 Å². The summed E-state index contributed by atoms with van der Waals surface area (Å²) >= 11 is 0. The second-order valence-corrected chi connectivity index (χ2v) is 9.36. The number of ether oxygens (including phenoxy) is 1. The zero-order valence-electron chi connectivity index (χ0n) is 18.5. The number of carbonyl (C=O) groups is 1. The highest BCUT2D eigenvalue weighted by atomic mass is 16.5. The van der Waals surface area contributed by atoms with E-state index < -0.39 is 0 Å². The average Bonchev–Trinajstić information content (AvgIpc) is 2.66. The first-order valence-corrected chi connectivity index (χ1v) is 10.5. The number of hydrogen-bond donors (Lipinski definition) is 2. The van der Waals surface area contributed by atoms with Crippen LogP contribution in [0.4, 0.5) is 0 Å². The fourth-order valence-electron chi connectivity index (χ4n) is 4.56. The van der Waals surface area contributed by atoms with Gasteiger partial charge in [0.15, 0.2) is 0 Å². The molecule has 0 unspecified atom stereocenters. The summed E-state index contributed by atoms with van der Waals surface area (Å²) in [4.78, 5) is 13.0. The molecule has 3 rings (SSSR count). The van der Waals surface area contributed by atoms with Gasteiger partial charge < -0.3 is 15.4 Å². The first-order chi connectivity index (χ1) is 14.1. The third-order valence-corrected chi connectivity index (χ3v) is 5.46. The molecule has 0 radical (unpaired) electrons. The lowest BCUT2D eigenvalue weighted by molar-refractivity contribution is 0.0873. The lowest BCUT2D eigenvalue weighted by Gasteiger charge is -2.46. The number of nitrogens with one attached hydrogen (secondary N) is 2. The quantitative estimate of drug-likeness (QED) is 0.738. The number of nitriles is 1. The molecule has 0 saturated carbocycles. The first-order valence-electron chi connectivity index (χ1n) is 10.5. The van der Waals surface area contributed by atoms with Gasteiger partial charge in [-0.1, -0.05) is 19.1 Å². The van der Waals surface area contributed by atoms with Crippen LogP contribution in [-0.2, 0) is 6.42 Å². The van der Waals surface area contributed by atoms with E-state index in [1.807, 2.05) is 31.2 Å². The largest absolute Gasteiger partial charge is 0.456 e. The smallest absolute Gasteiger partial charge is 0.251 e. The van der Waals surface area contributed by atoms with E-state index in [-0.39, 0.29) is 23.0 Å². The minimum absolute atomic E-state index is 0.0277. The van der Waals surface area contributed by atoms with Gasteiger partial charge >= 0.3 is 0 Å². The van der Waals surface area contributed by atoms with Gasteiger partial charge in [0.05, 0.1) is 5.56 Å². The molecule has 1 amide bonds. The second kappa shape index (κ2) is 8.49. The molecular formula is C25H31N3O2. The molecule has 1 saturated heterocycles. The van der Waals surface area contributed by atoms with Gasteiger partial charge in [-0.3, -0.25) is 4.79 Å². The fourth-order valence-corrected chi connectivity index (χ4v) is 4.56. The van der Waals surface area contributed by atoms with Crippen LogP contribution in [0.2, 0.25) is 0 Å². The SMILES string of the molecule is CCc1cc(C(=O)NC2CC(C)(C)NC(C)(C)C2)ccc1Oc1ccccc1C#N. The predicted molar refractivity (Wildman–Crippen MR) is 119 cm³/mol. The molecule has 1 fully saturated rings. The molecule has 5 nitrogen and oxygen atoms in total. The molecule has 1 heterocycles. The Morgan fingerprint density at radius 2 is 1.80 bits per heavy atom. The maximum Gasteiger partial charge on any atom is 0.251 e. The van der Waals surface area contributed by atoms with Gasteiger partial charge in [-0.25, -0.2) is 0 Å². The van der Waals surface area contributed by atoms with Gasteiger partial charge in [-0.05, 0) is 82.9 Å². The second-order valence-electron chi connectivity index (χ2n) is 9.36. The number of benzene rings is 2. The Balaban J connectivity index is 1.77. The van der Waals surface area contributed by atoms with Gasteiger partial charge in [0, 0.05) is 22.7 Å². The fraction of sp³-hybridized carbons (Fsp3) is 0.440. The third-order valence-electron chi connectivity index (χ3n) is 5.46. The molecule has 0 spiro atoms. The molecule has 2 N–H and O–H groups in total. The van der Waals surface area contributed by atoms with Crippen molar-refractivity contribution in [2.75, 3.05) is 0 Å². The maximum atomic E-state index is 13.0. The van der Waals surface area contributed by atoms with E-state index in [9.17, 15) is 10.1 Å². The van der Waals surface area contributed by atoms with Crippen molar-refractivity contribution in [3.63, 3.8) is 0 Å². The zero-order valence-corrected chi connectivity index (χ0v) is 18.5. The van der Waals surface area contributed by atoms with Crippen molar-refractivity contribution in [1.82, 2.24) is 10.6 Å². The number of carbonyl (C=O) groups excluding carboxylic acids is 1. The van der Waals surface area contributed by atoms with Crippen LogP contribution in [0, 0.1) is 11.3 Å². The van der Waals surface area contributed by atoms with Gasteiger partial charge in [0.1, 0.15) is 17.6 Å². The number of nitrogens with zero attached hydrogens (tertiary/aromatic N) is 1. The molecule has 1 aliphatic heterocycles.